The molecule has 0 saturated heterocycles. The molecule has 2 aromatic heterocycles. The lowest BCUT2D eigenvalue weighted by molar-refractivity contribution is -0.130. The zero-order valence-corrected chi connectivity index (χ0v) is 19.7. The number of benzene rings is 2. The second kappa shape index (κ2) is 11.1. The van der Waals surface area contributed by atoms with E-state index in [9.17, 15) is 9.59 Å². The maximum Gasteiger partial charge on any atom is 0.259 e. The highest BCUT2D eigenvalue weighted by Gasteiger charge is 2.11. The topological polar surface area (TPSA) is 77.3 Å². The average molecular weight is 467 g/mol. The van der Waals surface area contributed by atoms with E-state index in [1.165, 1.54) is 11.0 Å². The van der Waals surface area contributed by atoms with E-state index < -0.39 is 0 Å². The van der Waals surface area contributed by atoms with Gasteiger partial charge in [-0.05, 0) is 54.1 Å². The minimum Gasteiger partial charge on any atom is -0.484 e. The number of likely N-dealkylation sites (N-methyl/N-ethyl adjacent to an activating group) is 1. The van der Waals surface area contributed by atoms with E-state index in [4.69, 9.17) is 9.84 Å². The van der Waals surface area contributed by atoms with Gasteiger partial charge in [-0.15, -0.1) is 0 Å². The van der Waals surface area contributed by atoms with Crippen molar-refractivity contribution in [2.24, 2.45) is 0 Å². The quantitative estimate of drug-likeness (QED) is 0.271. The summed E-state index contributed by atoms with van der Waals surface area (Å²) >= 11 is 0. The first-order valence-corrected chi connectivity index (χ1v) is 11.2. The highest BCUT2D eigenvalue weighted by Crippen LogP contribution is 2.23. The van der Waals surface area contributed by atoms with Gasteiger partial charge in [0.1, 0.15) is 11.4 Å². The number of amides is 1. The van der Waals surface area contributed by atoms with Crippen LogP contribution in [0.3, 0.4) is 0 Å². The van der Waals surface area contributed by atoms with E-state index in [2.05, 4.69) is 4.98 Å². The zero-order valence-electron chi connectivity index (χ0n) is 19.7. The summed E-state index contributed by atoms with van der Waals surface area (Å²) in [5.74, 6) is 0.251. The Morgan fingerprint density at radius 3 is 2.46 bits per heavy atom. The largest absolute Gasteiger partial charge is 0.484 e. The van der Waals surface area contributed by atoms with Gasteiger partial charge in [-0.25, -0.2) is 0 Å². The molecule has 2 heterocycles. The van der Waals surface area contributed by atoms with Gasteiger partial charge in [0.25, 0.3) is 5.91 Å². The number of carbonyl (C=O) groups is 2. The number of ketones is 1. The minimum absolute atomic E-state index is 0.0513. The van der Waals surface area contributed by atoms with Crippen LogP contribution in [-0.4, -0.2) is 52.1 Å². The van der Waals surface area contributed by atoms with Crippen molar-refractivity contribution in [2.75, 3.05) is 20.7 Å². The molecule has 0 spiro atoms. The van der Waals surface area contributed by atoms with Crippen LogP contribution in [-0.2, 0) is 11.3 Å². The van der Waals surface area contributed by atoms with Gasteiger partial charge in [0.05, 0.1) is 6.54 Å². The Hall–Kier alpha value is -4.52. The van der Waals surface area contributed by atoms with E-state index in [-0.39, 0.29) is 18.3 Å². The number of hydrogen-bond acceptors (Lipinski definition) is 5. The van der Waals surface area contributed by atoms with Crippen molar-refractivity contribution in [1.82, 2.24) is 19.7 Å². The van der Waals surface area contributed by atoms with Crippen molar-refractivity contribution in [2.45, 2.75) is 6.54 Å². The number of nitrogens with zero attached hydrogens (tertiary/aromatic N) is 4. The van der Waals surface area contributed by atoms with Crippen LogP contribution in [0.2, 0.25) is 0 Å². The third-order valence-electron chi connectivity index (χ3n) is 5.33. The molecule has 0 radical (unpaired) electrons. The van der Waals surface area contributed by atoms with E-state index in [1.807, 2.05) is 53.3 Å². The van der Waals surface area contributed by atoms with Gasteiger partial charge in [-0.1, -0.05) is 30.3 Å². The maximum absolute atomic E-state index is 12.8. The number of hydrogen-bond donors (Lipinski definition) is 0. The van der Waals surface area contributed by atoms with Crippen molar-refractivity contribution in [3.63, 3.8) is 0 Å². The smallest absolute Gasteiger partial charge is 0.259 e. The SMILES string of the molecule is CN(C)C(=O)COc1ccc(C(=O)/C=C/c2cn(Cc3ccccc3)nc2-c2cccnc2)cc1. The zero-order chi connectivity index (χ0) is 24.6. The molecule has 2 aromatic carbocycles. The molecule has 0 N–H and O–H groups in total. The molecular formula is C28H26N4O3. The molecule has 35 heavy (non-hydrogen) atoms. The number of pyridine rings is 1. The highest BCUT2D eigenvalue weighted by molar-refractivity contribution is 6.07. The molecule has 0 aliphatic rings. The summed E-state index contributed by atoms with van der Waals surface area (Å²) in [6, 6.07) is 20.6. The lowest BCUT2D eigenvalue weighted by Gasteiger charge is -2.11. The summed E-state index contributed by atoms with van der Waals surface area (Å²) in [5, 5.41) is 4.75. The van der Waals surface area contributed by atoms with Gasteiger partial charge in [0.2, 0.25) is 0 Å². The standard InChI is InChI=1S/C28H26N4O3/c1-31(2)27(34)20-35-25-13-10-22(11-14-25)26(33)15-12-24-19-32(18-21-7-4-3-5-8-21)30-28(24)23-9-6-16-29-17-23/h3-17,19H,18,20H2,1-2H3/b15-12+. The first-order chi connectivity index (χ1) is 17.0. The average Bonchev–Trinajstić information content (AvgIpc) is 3.29. The van der Waals surface area contributed by atoms with Crippen LogP contribution in [0.15, 0.2) is 91.4 Å². The first kappa shape index (κ1) is 23.6. The molecule has 0 aliphatic heterocycles. The lowest BCUT2D eigenvalue weighted by Crippen LogP contribution is -2.27. The molecule has 0 fully saturated rings. The Balaban J connectivity index is 1.51. The molecule has 0 aliphatic carbocycles. The Morgan fingerprint density at radius 2 is 1.77 bits per heavy atom. The van der Waals surface area contributed by atoms with Gasteiger partial charge in [0, 0.05) is 49.4 Å². The van der Waals surface area contributed by atoms with Crippen LogP contribution in [0.1, 0.15) is 21.5 Å². The summed E-state index contributed by atoms with van der Waals surface area (Å²) in [7, 11) is 3.34. The molecule has 1 amide bonds. The monoisotopic (exact) mass is 466 g/mol. The minimum atomic E-state index is -0.145. The Morgan fingerprint density at radius 1 is 1.00 bits per heavy atom. The summed E-state index contributed by atoms with van der Waals surface area (Å²) in [5.41, 5.74) is 4.11. The molecule has 0 bridgehead atoms. The molecule has 4 aromatic rings. The predicted octanol–water partition coefficient (Wildman–Crippen LogP) is 4.36. The van der Waals surface area contributed by atoms with Crippen LogP contribution in [0.5, 0.6) is 5.75 Å². The van der Waals surface area contributed by atoms with Crippen molar-refractivity contribution < 1.29 is 14.3 Å². The van der Waals surface area contributed by atoms with Gasteiger partial charge in [-0.3, -0.25) is 19.3 Å². The van der Waals surface area contributed by atoms with E-state index in [1.54, 1.807) is 56.8 Å². The summed E-state index contributed by atoms with van der Waals surface area (Å²) < 4.78 is 7.34. The van der Waals surface area contributed by atoms with Gasteiger partial charge >= 0.3 is 0 Å². The normalized spacial score (nSPS) is 10.9. The fraction of sp³-hybridized carbons (Fsp3) is 0.143. The summed E-state index contributed by atoms with van der Waals surface area (Å²) in [6.45, 7) is 0.567. The first-order valence-electron chi connectivity index (χ1n) is 11.2. The van der Waals surface area contributed by atoms with Crippen LogP contribution in [0.25, 0.3) is 17.3 Å². The second-order valence-electron chi connectivity index (χ2n) is 8.16. The van der Waals surface area contributed by atoms with Crippen molar-refractivity contribution >= 4 is 17.8 Å². The van der Waals surface area contributed by atoms with E-state index in [0.29, 0.717) is 17.9 Å². The molecule has 4 rings (SSSR count). The lowest BCUT2D eigenvalue weighted by atomic mass is 10.1. The number of carbonyl (C=O) groups excluding carboxylic acids is 2. The van der Waals surface area contributed by atoms with Crippen LogP contribution < -0.4 is 4.74 Å². The highest BCUT2D eigenvalue weighted by atomic mass is 16.5. The molecule has 0 unspecified atom stereocenters. The predicted molar refractivity (Wildman–Crippen MR) is 135 cm³/mol. The van der Waals surface area contributed by atoms with Crippen LogP contribution in [0.4, 0.5) is 0 Å². The Labute approximate surface area is 204 Å². The van der Waals surface area contributed by atoms with E-state index >= 15 is 0 Å². The molecule has 7 nitrogen and oxygen atoms in total. The fourth-order valence-corrected chi connectivity index (χ4v) is 3.39. The number of allylic oxidation sites excluding steroid dienone is 1. The van der Waals surface area contributed by atoms with E-state index in [0.717, 1.165) is 22.4 Å². The fourth-order valence-electron chi connectivity index (χ4n) is 3.39. The van der Waals surface area contributed by atoms with Gasteiger partial charge < -0.3 is 9.64 Å². The third kappa shape index (κ3) is 6.29. The number of aromatic nitrogens is 3. The molecule has 0 saturated carbocycles. The summed E-state index contributed by atoms with van der Waals surface area (Å²) in [4.78, 5) is 30.1. The molecular weight excluding hydrogens is 440 g/mol. The second-order valence-corrected chi connectivity index (χ2v) is 8.16. The molecule has 176 valence electrons. The Bertz CT molecular complexity index is 1310. The maximum atomic E-state index is 12.8. The Kier molecular flexibility index (Phi) is 7.47. The molecule has 7 heteroatoms. The van der Waals surface area contributed by atoms with Gasteiger partial charge in [0.15, 0.2) is 12.4 Å². The van der Waals surface area contributed by atoms with Crippen molar-refractivity contribution in [3.8, 4) is 17.0 Å². The summed E-state index contributed by atoms with van der Waals surface area (Å²) in [6.07, 6.45) is 8.72. The third-order valence-corrected chi connectivity index (χ3v) is 5.33. The van der Waals surface area contributed by atoms with Crippen molar-refractivity contribution in [3.05, 3.63) is 108 Å². The molecule has 0 atom stereocenters. The number of ether oxygens (including phenoxy) is 1. The van der Waals surface area contributed by atoms with Crippen LogP contribution >= 0.6 is 0 Å². The van der Waals surface area contributed by atoms with Gasteiger partial charge in [-0.2, -0.15) is 5.10 Å². The van der Waals surface area contributed by atoms with Crippen LogP contribution in [0, 0.1) is 0 Å². The number of rotatable bonds is 9. The van der Waals surface area contributed by atoms with Crippen molar-refractivity contribution in [1.29, 1.82) is 0 Å².